The maximum Gasteiger partial charge on any atom is 1.00 e. The normalized spacial score (nSPS) is 2.40. The average Bonchev–Trinajstić information content (AvgIpc) is 0.918. The van der Waals surface area contributed by atoms with E-state index in [-0.39, 0.29) is 47.7 Å². The fraction of sp³-hybridized carbons (Fsp3) is 0. The van der Waals surface area contributed by atoms with Crippen molar-refractivity contribution < 1.29 is 51.1 Å². The van der Waals surface area contributed by atoms with Gasteiger partial charge in [-0.15, -0.1) is 0 Å². The van der Waals surface area contributed by atoms with E-state index in [1.807, 2.05) is 0 Å². The van der Waals surface area contributed by atoms with Crippen molar-refractivity contribution in [3.63, 3.8) is 0 Å². The molecule has 0 fully saturated rings. The zero-order chi connectivity index (χ0) is 2.71. The molecule has 0 rings (SSSR count). The van der Waals surface area contributed by atoms with Crippen LogP contribution in [-0.4, -0.2) is 6.47 Å². The van der Waals surface area contributed by atoms with E-state index in [2.05, 4.69) is 0 Å². The first kappa shape index (κ1) is 17.0. The maximum atomic E-state index is 8.12. The second-order valence-corrected chi connectivity index (χ2v) is 0.0833. The van der Waals surface area contributed by atoms with Gasteiger partial charge in [0, 0.05) is 22.4 Å². The first-order chi connectivity index (χ1) is 1.41. The van der Waals surface area contributed by atoms with E-state index in [0.717, 1.165) is 0 Å². The van der Waals surface area contributed by atoms with Crippen LogP contribution in [0.1, 0.15) is 0 Å². The van der Waals surface area contributed by atoms with Crippen LogP contribution in [0.5, 0.6) is 0 Å². The predicted molar refractivity (Wildman–Crippen MR) is 5.69 cm³/mol. The van der Waals surface area contributed by atoms with Crippen molar-refractivity contribution in [2.24, 2.45) is 0 Å². The van der Waals surface area contributed by atoms with Crippen molar-refractivity contribution in [1.29, 1.82) is 0 Å². The number of hydrogen-bond acceptors (Lipinski definition) is 2. The van der Waals surface area contributed by atoms with E-state index < -0.39 is 0 Å². The number of carbonyl (C=O) groups excluding carboxylic acids is 1. The summed E-state index contributed by atoms with van der Waals surface area (Å²) in [6.45, 7) is 0.250. The van der Waals surface area contributed by atoms with Gasteiger partial charge in [0.15, 0.2) is 0 Å². The van der Waals surface area contributed by atoms with Crippen LogP contribution in [0.3, 0.4) is 0 Å². The minimum atomic E-state index is 0. The van der Waals surface area contributed by atoms with Crippen LogP contribution >= 0.6 is 0 Å². The van der Waals surface area contributed by atoms with Gasteiger partial charge in [-0.1, -0.05) is 0 Å². The third kappa shape index (κ3) is 58.1. The largest absolute Gasteiger partial charge is 1.00 e. The molecule has 0 aromatic carbocycles. The Morgan fingerprint density at radius 3 is 1.60 bits per heavy atom. The fourth-order valence-corrected chi connectivity index (χ4v) is 0. The van der Waals surface area contributed by atoms with Crippen LogP contribution in [0.15, 0.2) is 0 Å². The van der Waals surface area contributed by atoms with E-state index in [0.29, 0.717) is 0 Å². The molecule has 4 heteroatoms. The molecule has 0 atom stereocenters. The molecule has 0 amide bonds. The third-order valence-electron chi connectivity index (χ3n) is 0. The Kier molecular flexibility index (Phi) is 72.6. The summed E-state index contributed by atoms with van der Waals surface area (Å²) in [6, 6.07) is 0. The third-order valence-corrected chi connectivity index (χ3v) is 0. The smallest absolute Gasteiger partial charge is 0.794 e. The number of rotatable bonds is 0. The quantitative estimate of drug-likeness (QED) is 0.253. The van der Waals surface area contributed by atoms with E-state index in [1.165, 1.54) is 0 Å². The van der Waals surface area contributed by atoms with Crippen LogP contribution in [0.2, 0.25) is 0 Å². The van der Waals surface area contributed by atoms with Gasteiger partial charge in [-0.3, -0.25) is 0 Å². The van der Waals surface area contributed by atoms with Gasteiger partial charge in [0.1, 0.15) is 0 Å². The van der Waals surface area contributed by atoms with E-state index in [4.69, 9.17) is 9.90 Å². The molecule has 0 spiro atoms. The summed E-state index contributed by atoms with van der Waals surface area (Å²) in [5.41, 5.74) is 0. The summed E-state index contributed by atoms with van der Waals surface area (Å²) in [4.78, 5) is 8.12. The second kappa shape index (κ2) is 21.3. The van der Waals surface area contributed by atoms with Crippen LogP contribution < -0.4 is 24.0 Å². The predicted octanol–water partition coefficient (Wildman–Crippen LogP) is -4.72. The average molecular weight is 144 g/mol. The van der Waals surface area contributed by atoms with Crippen molar-refractivity contribution in [2.45, 2.75) is 0 Å². The Labute approximate surface area is 57.6 Å². The molecule has 0 bridgehead atoms. The van der Waals surface area contributed by atoms with Gasteiger partial charge in [0.25, 0.3) is 0 Å². The number of hydrogen-bond donors (Lipinski definition) is 0. The summed E-state index contributed by atoms with van der Waals surface area (Å²) in [5, 5.41) is 8.12. The molecule has 0 aromatic rings. The molecule has 1 radical (unpaired) electrons. The van der Waals surface area contributed by atoms with Gasteiger partial charge in [0.2, 0.25) is 0 Å². The molecular weight excluding hydrogens is 144 g/mol. The molecule has 0 unspecified atom stereocenters. The summed E-state index contributed by atoms with van der Waals surface area (Å²) in [5.74, 6) is 0. The molecule has 5 heavy (non-hydrogen) atoms. The van der Waals surface area contributed by atoms with Crippen LogP contribution in [-0.2, 0) is 27.2 Å². The Morgan fingerprint density at radius 2 is 1.60 bits per heavy atom. The molecule has 0 saturated carbocycles. The molecule has 2 nitrogen and oxygen atoms in total. The van der Waals surface area contributed by atoms with Gasteiger partial charge < -0.3 is 16.4 Å². The molecule has 0 aliphatic carbocycles. The molecule has 0 aliphatic rings. The van der Waals surface area contributed by atoms with Crippen LogP contribution in [0.4, 0.5) is 0 Å². The zero-order valence-corrected chi connectivity index (χ0v) is 4.96. The summed E-state index contributed by atoms with van der Waals surface area (Å²) >= 11 is 0. The van der Waals surface area contributed by atoms with E-state index in [1.54, 1.807) is 0 Å². The second-order valence-electron chi connectivity index (χ2n) is 0.0833. The van der Waals surface area contributed by atoms with Gasteiger partial charge >= 0.3 is 18.9 Å². The van der Waals surface area contributed by atoms with Crippen LogP contribution in [0, 0.1) is 0 Å². The van der Waals surface area contributed by atoms with Crippen molar-refractivity contribution in [3.8, 4) is 0 Å². The minimum Gasteiger partial charge on any atom is -0.794 e. The topological polar surface area (TPSA) is 40.1 Å². The standard InChI is InChI=1S/CO2.Li.Nb/c2-1-3;;/q-2;+1;. The maximum absolute atomic E-state index is 8.12. The SMILES string of the molecule is O=[C-][O-].[Li+].[Nb]. The van der Waals surface area contributed by atoms with Gasteiger partial charge in [-0.25, -0.2) is 0 Å². The first-order valence-corrected chi connectivity index (χ1v) is 0.408. The molecule has 0 aliphatic heterocycles. The first-order valence-electron chi connectivity index (χ1n) is 0.408. The Hall–Kier alpha value is 0.808. The van der Waals surface area contributed by atoms with Crippen molar-refractivity contribution >= 4 is 6.47 Å². The zero-order valence-electron chi connectivity index (χ0n) is 2.76. The van der Waals surface area contributed by atoms with Crippen molar-refractivity contribution in [3.05, 3.63) is 0 Å². The molecule has 0 saturated heterocycles. The Bertz CT molecular complexity index is 17.1. The summed E-state index contributed by atoms with van der Waals surface area (Å²) in [6.07, 6.45) is 0. The minimum absolute atomic E-state index is 0. The molecule has 23 valence electrons. The molecular formula is CLiNbO2-. The monoisotopic (exact) mass is 144 g/mol. The summed E-state index contributed by atoms with van der Waals surface area (Å²) < 4.78 is 0. The van der Waals surface area contributed by atoms with Crippen LogP contribution in [0.25, 0.3) is 0 Å². The van der Waals surface area contributed by atoms with Gasteiger partial charge in [0.05, 0.1) is 0 Å². The Balaban J connectivity index is -0.0000000200. The van der Waals surface area contributed by atoms with E-state index >= 15 is 0 Å². The van der Waals surface area contributed by atoms with Gasteiger partial charge in [-0.05, 0) is 0 Å². The van der Waals surface area contributed by atoms with Crippen molar-refractivity contribution in [2.75, 3.05) is 0 Å². The molecule has 0 aromatic heterocycles. The molecule has 0 N–H and O–H groups in total. The van der Waals surface area contributed by atoms with Gasteiger partial charge in [-0.2, -0.15) is 0 Å². The van der Waals surface area contributed by atoms with Crippen molar-refractivity contribution in [1.82, 2.24) is 0 Å². The molecule has 0 heterocycles. The fourth-order valence-electron chi connectivity index (χ4n) is 0. The van der Waals surface area contributed by atoms with E-state index in [9.17, 15) is 0 Å². The summed E-state index contributed by atoms with van der Waals surface area (Å²) in [7, 11) is 0. The Morgan fingerprint density at radius 1 is 1.60 bits per heavy atom.